The number of thiophene rings is 2. The Morgan fingerprint density at radius 1 is 0.396 bits per heavy atom. The lowest BCUT2D eigenvalue weighted by atomic mass is 10.1. The van der Waals surface area contributed by atoms with Crippen LogP contribution in [0.1, 0.15) is 0 Å². The van der Waals surface area contributed by atoms with E-state index in [9.17, 15) is 0 Å². The molecule has 6 aromatic carbocycles. The van der Waals surface area contributed by atoms with Gasteiger partial charge in [0.15, 0.2) is 0 Å². The molecule has 0 fully saturated rings. The van der Waals surface area contributed by atoms with Gasteiger partial charge in [-0.25, -0.2) is 9.97 Å². The van der Waals surface area contributed by atoms with E-state index in [0.29, 0.717) is 0 Å². The summed E-state index contributed by atoms with van der Waals surface area (Å²) in [6.07, 6.45) is 3.72. The van der Waals surface area contributed by atoms with Gasteiger partial charge in [0.1, 0.15) is 23.1 Å². The number of nitrogens with zero attached hydrogens (tertiary/aromatic N) is 4. The molecule has 0 aliphatic heterocycles. The van der Waals surface area contributed by atoms with E-state index in [2.05, 4.69) is 130 Å². The third-order valence-electron chi connectivity index (χ3n) is 10.5. The van der Waals surface area contributed by atoms with E-state index in [0.717, 1.165) is 56.0 Å². The Hall–Kier alpha value is -6.54. The second-order valence-corrected chi connectivity index (χ2v) is 15.4. The van der Waals surface area contributed by atoms with Crippen LogP contribution in [0.4, 0.5) is 0 Å². The van der Waals surface area contributed by atoms with Crippen LogP contribution in [0.25, 0.3) is 95.6 Å². The van der Waals surface area contributed by atoms with Crippen LogP contribution in [0.5, 0.6) is 11.5 Å². The molecule has 0 aliphatic rings. The van der Waals surface area contributed by atoms with Gasteiger partial charge in [-0.3, -0.25) is 9.13 Å². The van der Waals surface area contributed by atoms with Crippen LogP contribution in [0.15, 0.2) is 158 Å². The molecule has 0 saturated heterocycles. The van der Waals surface area contributed by atoms with Gasteiger partial charge in [0.05, 0.1) is 22.1 Å². The summed E-state index contributed by atoms with van der Waals surface area (Å²) in [5, 5.41) is 9.45. The van der Waals surface area contributed by atoms with Crippen molar-refractivity contribution in [1.82, 2.24) is 19.1 Å². The quantitative estimate of drug-likeness (QED) is 0.182. The normalized spacial score (nSPS) is 12.2. The first-order chi connectivity index (χ1) is 26.3. The summed E-state index contributed by atoms with van der Waals surface area (Å²) in [5.74, 6) is 3.39. The first-order valence-corrected chi connectivity index (χ1v) is 19.2. The van der Waals surface area contributed by atoms with Gasteiger partial charge in [0.2, 0.25) is 0 Å². The van der Waals surface area contributed by atoms with Gasteiger partial charge in [-0.05, 0) is 48.5 Å². The topological polar surface area (TPSA) is 44.9 Å². The van der Waals surface area contributed by atoms with Crippen LogP contribution in [0.3, 0.4) is 0 Å². The fourth-order valence-electron chi connectivity index (χ4n) is 8.34. The van der Waals surface area contributed by atoms with E-state index >= 15 is 0 Å². The van der Waals surface area contributed by atoms with Crippen molar-refractivity contribution in [3.63, 3.8) is 0 Å². The Kier molecular flexibility index (Phi) is 6.03. The van der Waals surface area contributed by atoms with Crippen molar-refractivity contribution in [3.05, 3.63) is 158 Å². The molecule has 0 unspecified atom stereocenters. The lowest BCUT2D eigenvalue weighted by Crippen LogP contribution is -1.97. The van der Waals surface area contributed by atoms with E-state index in [4.69, 9.17) is 14.7 Å². The molecule has 6 aromatic heterocycles. The number of rotatable bonds is 4. The van der Waals surface area contributed by atoms with Crippen LogP contribution in [0, 0.1) is 0 Å². The highest BCUT2D eigenvalue weighted by Crippen LogP contribution is 2.52. The van der Waals surface area contributed by atoms with Gasteiger partial charge in [-0.2, -0.15) is 0 Å². The summed E-state index contributed by atoms with van der Waals surface area (Å²) < 4.78 is 16.9. The minimum atomic E-state index is 0.821. The number of ether oxygens (including phenoxy) is 1. The highest BCUT2D eigenvalue weighted by Gasteiger charge is 2.25. The summed E-state index contributed by atoms with van der Waals surface area (Å²) in [6.45, 7) is 0. The second-order valence-electron chi connectivity index (χ2n) is 13.3. The predicted octanol–water partition coefficient (Wildman–Crippen LogP) is 13.2. The summed E-state index contributed by atoms with van der Waals surface area (Å²) in [4.78, 5) is 9.68. The first kappa shape index (κ1) is 29.1. The maximum atomic E-state index is 7.47. The number of aromatic nitrogens is 4. The van der Waals surface area contributed by atoms with Crippen LogP contribution in [0.2, 0.25) is 0 Å². The number of fused-ring (bicyclic) bond motifs is 14. The molecule has 5 nitrogen and oxygen atoms in total. The molecule has 0 aliphatic carbocycles. The lowest BCUT2D eigenvalue weighted by Gasteiger charge is -2.14. The third kappa shape index (κ3) is 4.06. The van der Waals surface area contributed by atoms with Crippen molar-refractivity contribution >= 4 is 107 Å². The summed E-state index contributed by atoms with van der Waals surface area (Å²) >= 11 is 3.66. The van der Waals surface area contributed by atoms with Crippen LogP contribution in [-0.2, 0) is 0 Å². The Balaban J connectivity index is 1.24. The molecule has 0 amide bonds. The summed E-state index contributed by atoms with van der Waals surface area (Å²) in [5.41, 5.74) is 4.36. The highest BCUT2D eigenvalue weighted by molar-refractivity contribution is 7.27. The Morgan fingerprint density at radius 2 is 0.811 bits per heavy atom. The average molecular weight is 715 g/mol. The SMILES string of the molecule is c1ccc(-n2c3ccccc3c3c4sc5ccccc5c4c(Oc4cc5c(c6ccccc6n5-c5ccccn5)c5sc6ccccc6c45)cc32)nc1. The van der Waals surface area contributed by atoms with Crippen molar-refractivity contribution in [2.75, 3.05) is 0 Å². The molecule has 7 heteroatoms. The molecule has 0 radical (unpaired) electrons. The molecule has 53 heavy (non-hydrogen) atoms. The van der Waals surface area contributed by atoms with Crippen molar-refractivity contribution in [3.8, 4) is 23.1 Å². The molecule has 0 N–H and O–H groups in total. The van der Waals surface area contributed by atoms with E-state index < -0.39 is 0 Å². The van der Waals surface area contributed by atoms with Gasteiger partial charge in [-0.15, -0.1) is 22.7 Å². The molecule has 248 valence electrons. The zero-order chi connectivity index (χ0) is 34.6. The van der Waals surface area contributed by atoms with E-state index in [1.54, 1.807) is 0 Å². The number of hydrogen-bond donors (Lipinski definition) is 0. The molecular formula is C46H26N4OS2. The Morgan fingerprint density at radius 3 is 1.26 bits per heavy atom. The zero-order valence-electron chi connectivity index (χ0n) is 28.0. The van der Waals surface area contributed by atoms with Gasteiger partial charge >= 0.3 is 0 Å². The number of para-hydroxylation sites is 2. The number of pyridine rings is 2. The minimum absolute atomic E-state index is 0.821. The molecule has 12 aromatic rings. The average Bonchev–Trinajstić information content (AvgIpc) is 3.96. The predicted molar refractivity (Wildman–Crippen MR) is 223 cm³/mol. The van der Waals surface area contributed by atoms with Gasteiger partial charge in [0, 0.05) is 86.4 Å². The smallest absolute Gasteiger partial charge is 0.138 e. The fraction of sp³-hybridized carbons (Fsp3) is 0. The van der Waals surface area contributed by atoms with Crippen LogP contribution in [-0.4, -0.2) is 19.1 Å². The van der Waals surface area contributed by atoms with Crippen molar-refractivity contribution in [1.29, 1.82) is 0 Å². The fourth-order valence-corrected chi connectivity index (χ4v) is 10.9. The van der Waals surface area contributed by atoms with Crippen LogP contribution >= 0.6 is 22.7 Å². The van der Waals surface area contributed by atoms with Crippen molar-refractivity contribution < 1.29 is 4.74 Å². The van der Waals surface area contributed by atoms with E-state index in [-0.39, 0.29) is 0 Å². The van der Waals surface area contributed by atoms with Crippen molar-refractivity contribution in [2.24, 2.45) is 0 Å². The molecule has 0 atom stereocenters. The van der Waals surface area contributed by atoms with Gasteiger partial charge in [0.25, 0.3) is 0 Å². The largest absolute Gasteiger partial charge is 0.456 e. The molecule has 0 bridgehead atoms. The molecule has 6 heterocycles. The Bertz CT molecular complexity index is 3200. The monoisotopic (exact) mass is 714 g/mol. The highest BCUT2D eigenvalue weighted by atomic mass is 32.1. The van der Waals surface area contributed by atoms with E-state index in [1.165, 1.54) is 51.1 Å². The summed E-state index contributed by atoms with van der Waals surface area (Å²) in [7, 11) is 0. The first-order valence-electron chi connectivity index (χ1n) is 17.6. The van der Waals surface area contributed by atoms with Gasteiger partial charge in [-0.1, -0.05) is 84.9 Å². The summed E-state index contributed by atoms with van der Waals surface area (Å²) in [6, 6.07) is 51.3. The minimum Gasteiger partial charge on any atom is -0.456 e. The number of benzene rings is 6. The maximum absolute atomic E-state index is 7.47. The molecular weight excluding hydrogens is 689 g/mol. The number of hydrogen-bond acceptors (Lipinski definition) is 5. The Labute approximate surface area is 310 Å². The van der Waals surface area contributed by atoms with E-state index in [1.807, 2.05) is 59.3 Å². The lowest BCUT2D eigenvalue weighted by molar-refractivity contribution is 0.496. The molecule has 0 spiro atoms. The van der Waals surface area contributed by atoms with Crippen molar-refractivity contribution in [2.45, 2.75) is 0 Å². The molecule has 0 saturated carbocycles. The van der Waals surface area contributed by atoms with Crippen LogP contribution < -0.4 is 4.74 Å². The van der Waals surface area contributed by atoms with Gasteiger partial charge < -0.3 is 4.74 Å². The zero-order valence-corrected chi connectivity index (χ0v) is 29.7. The standard InChI is InChI=1S/C46H26N4OS2/c1-5-17-31-27(13-1)41-33(49(31)39-21-9-11-23-47-39)25-35(43-29-15-3-7-19-37(29)52-45(41)43)51-36-26-34-42(46-44(36)30-16-4-8-20-38(30)53-46)28-14-2-6-18-32(28)50(34)40-22-10-12-24-48-40/h1-26H. The maximum Gasteiger partial charge on any atom is 0.138 e. The molecule has 12 rings (SSSR count). The third-order valence-corrected chi connectivity index (χ3v) is 12.8. The second kappa shape index (κ2) is 11.0.